The Bertz CT molecular complexity index is 965. The van der Waals surface area contributed by atoms with E-state index in [1.165, 1.54) is 59.9 Å². The smallest absolute Gasteiger partial charge is 0.00408 e. The Balaban J connectivity index is 2.02. The van der Waals surface area contributed by atoms with Gasteiger partial charge in [0.25, 0.3) is 0 Å². The maximum absolute atomic E-state index is 2.56. The minimum Gasteiger partial charge on any atom is -0.0619 e. The summed E-state index contributed by atoms with van der Waals surface area (Å²) in [5.74, 6) is 0.505. The fraction of sp³-hybridized carbons (Fsp3) is 0.548. The summed E-state index contributed by atoms with van der Waals surface area (Å²) in [4.78, 5) is 0. The van der Waals surface area contributed by atoms with E-state index in [1.54, 1.807) is 11.1 Å². The highest BCUT2D eigenvalue weighted by Gasteiger charge is 2.41. The third kappa shape index (κ3) is 4.04. The van der Waals surface area contributed by atoms with Crippen LogP contribution >= 0.6 is 0 Å². The summed E-state index contributed by atoms with van der Waals surface area (Å²) in [5.41, 5.74) is 11.2. The first-order valence-corrected chi connectivity index (χ1v) is 12.4. The molecule has 0 nitrogen and oxygen atoms in total. The van der Waals surface area contributed by atoms with E-state index >= 15 is 0 Å². The number of hydrogen-bond donors (Lipinski definition) is 0. The lowest BCUT2D eigenvalue weighted by Crippen LogP contribution is -2.25. The molecule has 0 saturated heterocycles. The Hall–Kier alpha value is -1.82. The van der Waals surface area contributed by atoms with Crippen molar-refractivity contribution < 1.29 is 0 Å². The van der Waals surface area contributed by atoms with Gasteiger partial charge in [-0.3, -0.25) is 0 Å². The first-order valence-electron chi connectivity index (χ1n) is 12.4. The first kappa shape index (κ1) is 22.4. The molecule has 1 atom stereocenters. The number of hydrogen-bond acceptors (Lipinski definition) is 0. The predicted octanol–water partition coefficient (Wildman–Crippen LogP) is 9.17. The third-order valence-corrected chi connectivity index (χ3v) is 7.96. The molecule has 166 valence electrons. The maximum atomic E-state index is 2.56. The van der Waals surface area contributed by atoms with Crippen LogP contribution in [-0.2, 0) is 10.8 Å². The average molecular weight is 415 g/mol. The van der Waals surface area contributed by atoms with E-state index in [1.807, 2.05) is 0 Å². The van der Waals surface area contributed by atoms with Gasteiger partial charge in [0.1, 0.15) is 0 Å². The van der Waals surface area contributed by atoms with Crippen molar-refractivity contribution in [1.82, 2.24) is 0 Å². The third-order valence-electron chi connectivity index (χ3n) is 7.96. The fourth-order valence-electron chi connectivity index (χ4n) is 5.99. The molecule has 0 aliphatic heterocycles. The summed E-state index contributed by atoms with van der Waals surface area (Å²) >= 11 is 0. The van der Waals surface area contributed by atoms with Gasteiger partial charge in [0.05, 0.1) is 0 Å². The van der Waals surface area contributed by atoms with Crippen molar-refractivity contribution in [3.05, 3.63) is 75.9 Å². The van der Waals surface area contributed by atoms with Crippen LogP contribution in [0.2, 0.25) is 0 Å². The van der Waals surface area contributed by atoms with Crippen molar-refractivity contribution in [3.63, 3.8) is 0 Å². The molecule has 31 heavy (non-hydrogen) atoms. The zero-order chi connectivity index (χ0) is 22.6. The highest BCUT2D eigenvalue weighted by molar-refractivity contribution is 5.89. The topological polar surface area (TPSA) is 0 Å². The highest BCUT2D eigenvalue weighted by Crippen LogP contribution is 2.56. The standard InChI is InChI=1S/C31H42/c1-21-25-14-10-11-15-26(25)27(28(21)31(8)16-12-9-13-17-31)22-18-23(29(2,3)4)20-24(19-22)30(5,6)7/h10-11,14-15,18-21H,9,12-13,16-17H2,1-8H3. The normalized spacial score (nSPS) is 21.4. The second kappa shape index (κ2) is 7.65. The van der Waals surface area contributed by atoms with Gasteiger partial charge in [-0.2, -0.15) is 0 Å². The summed E-state index contributed by atoms with van der Waals surface area (Å²) in [6.45, 7) is 19.1. The molecule has 0 heteroatoms. The van der Waals surface area contributed by atoms with Crippen molar-refractivity contribution in [2.24, 2.45) is 5.41 Å². The molecule has 4 rings (SSSR count). The van der Waals surface area contributed by atoms with E-state index in [-0.39, 0.29) is 10.8 Å². The molecule has 1 saturated carbocycles. The van der Waals surface area contributed by atoms with Gasteiger partial charge in [-0.25, -0.2) is 0 Å². The zero-order valence-corrected chi connectivity index (χ0v) is 21.2. The lowest BCUT2D eigenvalue weighted by Gasteiger charge is -2.38. The lowest BCUT2D eigenvalue weighted by molar-refractivity contribution is 0.259. The van der Waals surface area contributed by atoms with E-state index in [2.05, 4.69) is 97.9 Å². The Kier molecular flexibility index (Phi) is 5.52. The van der Waals surface area contributed by atoms with Crippen LogP contribution in [0.3, 0.4) is 0 Å². The summed E-state index contributed by atoms with van der Waals surface area (Å²) in [5, 5.41) is 0. The molecular weight excluding hydrogens is 372 g/mol. The summed E-state index contributed by atoms with van der Waals surface area (Å²) in [7, 11) is 0. The predicted molar refractivity (Wildman–Crippen MR) is 136 cm³/mol. The van der Waals surface area contributed by atoms with Crippen molar-refractivity contribution >= 4 is 5.57 Å². The fourth-order valence-corrected chi connectivity index (χ4v) is 5.99. The Labute approximate surface area is 191 Å². The van der Waals surface area contributed by atoms with Gasteiger partial charge in [0.2, 0.25) is 0 Å². The van der Waals surface area contributed by atoms with Gasteiger partial charge in [-0.1, -0.05) is 117 Å². The Morgan fingerprint density at radius 1 is 0.774 bits per heavy atom. The molecule has 0 amide bonds. The molecule has 0 N–H and O–H groups in total. The summed E-state index contributed by atoms with van der Waals surface area (Å²) in [6, 6.07) is 16.7. The molecule has 2 aliphatic carbocycles. The molecule has 2 aromatic carbocycles. The molecule has 2 aromatic rings. The van der Waals surface area contributed by atoms with E-state index in [0.717, 1.165) is 0 Å². The quantitative estimate of drug-likeness (QED) is 0.459. The second-order valence-electron chi connectivity index (χ2n) is 12.5. The van der Waals surface area contributed by atoms with Crippen LogP contribution in [0, 0.1) is 5.41 Å². The second-order valence-corrected chi connectivity index (χ2v) is 12.5. The molecule has 0 spiro atoms. The number of allylic oxidation sites excluding steroid dienone is 1. The van der Waals surface area contributed by atoms with E-state index in [4.69, 9.17) is 0 Å². The largest absolute Gasteiger partial charge is 0.0619 e. The summed E-state index contributed by atoms with van der Waals surface area (Å²) in [6.07, 6.45) is 6.79. The van der Waals surface area contributed by atoms with Crippen molar-refractivity contribution in [2.75, 3.05) is 0 Å². The Morgan fingerprint density at radius 2 is 1.32 bits per heavy atom. The van der Waals surface area contributed by atoms with Crippen LogP contribution in [-0.4, -0.2) is 0 Å². The number of benzene rings is 2. The molecule has 2 aliphatic rings. The Morgan fingerprint density at radius 3 is 1.87 bits per heavy atom. The summed E-state index contributed by atoms with van der Waals surface area (Å²) < 4.78 is 0. The molecule has 1 fully saturated rings. The molecule has 0 radical (unpaired) electrons. The molecule has 0 bridgehead atoms. The van der Waals surface area contributed by atoms with Crippen LogP contribution in [0.1, 0.15) is 121 Å². The molecule has 0 aromatic heterocycles. The van der Waals surface area contributed by atoms with Crippen molar-refractivity contribution in [1.29, 1.82) is 0 Å². The number of fused-ring (bicyclic) bond motifs is 1. The van der Waals surface area contributed by atoms with Gasteiger partial charge < -0.3 is 0 Å². The van der Waals surface area contributed by atoms with Crippen molar-refractivity contribution in [3.8, 4) is 0 Å². The maximum Gasteiger partial charge on any atom is 0.00408 e. The molecule has 1 unspecified atom stereocenters. The minimum absolute atomic E-state index is 0.134. The van der Waals surface area contributed by atoms with Gasteiger partial charge in [-0.15, -0.1) is 0 Å². The van der Waals surface area contributed by atoms with Crippen LogP contribution in [0.4, 0.5) is 0 Å². The van der Waals surface area contributed by atoms with E-state index in [9.17, 15) is 0 Å². The van der Waals surface area contributed by atoms with E-state index in [0.29, 0.717) is 11.3 Å². The van der Waals surface area contributed by atoms with Crippen LogP contribution in [0.5, 0.6) is 0 Å². The zero-order valence-electron chi connectivity index (χ0n) is 21.2. The SMILES string of the molecule is CC1C(C2(C)CCCCC2)=C(c2cc(C(C)(C)C)cc(C(C)(C)C)c2)c2ccccc21. The minimum atomic E-state index is 0.134. The molecular formula is C31H42. The van der Waals surface area contributed by atoms with Crippen molar-refractivity contribution in [2.45, 2.75) is 104 Å². The first-order chi connectivity index (χ1) is 14.4. The highest BCUT2D eigenvalue weighted by atomic mass is 14.4. The molecule has 0 heterocycles. The lowest BCUT2D eigenvalue weighted by atomic mass is 9.66. The van der Waals surface area contributed by atoms with Crippen LogP contribution < -0.4 is 0 Å². The van der Waals surface area contributed by atoms with Gasteiger partial charge in [0, 0.05) is 5.92 Å². The average Bonchev–Trinajstić information content (AvgIpc) is 3.00. The van der Waals surface area contributed by atoms with Gasteiger partial charge >= 0.3 is 0 Å². The van der Waals surface area contributed by atoms with Gasteiger partial charge in [0.15, 0.2) is 0 Å². The monoisotopic (exact) mass is 414 g/mol. The van der Waals surface area contributed by atoms with Crippen LogP contribution in [0.25, 0.3) is 5.57 Å². The van der Waals surface area contributed by atoms with E-state index < -0.39 is 0 Å². The van der Waals surface area contributed by atoms with Crippen LogP contribution in [0.15, 0.2) is 48.0 Å². The number of rotatable bonds is 2. The van der Waals surface area contributed by atoms with Gasteiger partial charge in [-0.05, 0) is 68.1 Å².